The Labute approximate surface area is 135 Å². The van der Waals surface area contributed by atoms with Gasteiger partial charge in [0.25, 0.3) is 10.0 Å². The Morgan fingerprint density at radius 3 is 2.78 bits per heavy atom. The first-order valence-electron chi connectivity index (χ1n) is 7.24. The number of anilines is 1. The molecule has 1 N–H and O–H groups in total. The SMILES string of the molecule is CNc1ccc([C@@H]2CN(S(=O)(=O)c3cn(C)cn3)CCO2)nc1. The van der Waals surface area contributed by atoms with Crippen molar-refractivity contribution < 1.29 is 13.2 Å². The summed E-state index contributed by atoms with van der Waals surface area (Å²) in [5.41, 5.74) is 1.60. The van der Waals surface area contributed by atoms with Crippen LogP contribution in [0.3, 0.4) is 0 Å². The third-order valence-electron chi connectivity index (χ3n) is 3.72. The molecule has 0 saturated carbocycles. The van der Waals surface area contributed by atoms with Gasteiger partial charge in [0.1, 0.15) is 6.10 Å². The van der Waals surface area contributed by atoms with Crippen molar-refractivity contribution in [3.8, 4) is 0 Å². The molecule has 2 aromatic rings. The van der Waals surface area contributed by atoms with Gasteiger partial charge < -0.3 is 14.6 Å². The maximum atomic E-state index is 12.6. The summed E-state index contributed by atoms with van der Waals surface area (Å²) in [4.78, 5) is 8.29. The number of sulfonamides is 1. The molecular weight excluding hydrogens is 318 g/mol. The third kappa shape index (κ3) is 3.21. The molecule has 9 heteroatoms. The Kier molecular flexibility index (Phi) is 4.33. The van der Waals surface area contributed by atoms with Crippen LogP contribution in [0.15, 0.2) is 35.9 Å². The quantitative estimate of drug-likeness (QED) is 0.880. The van der Waals surface area contributed by atoms with E-state index in [-0.39, 0.29) is 17.7 Å². The van der Waals surface area contributed by atoms with Gasteiger partial charge in [0.05, 0.1) is 30.5 Å². The van der Waals surface area contributed by atoms with Gasteiger partial charge in [-0.2, -0.15) is 4.31 Å². The molecule has 3 heterocycles. The number of aromatic nitrogens is 3. The van der Waals surface area contributed by atoms with Crippen LogP contribution in [0.5, 0.6) is 0 Å². The second kappa shape index (κ2) is 6.26. The molecule has 23 heavy (non-hydrogen) atoms. The predicted octanol–water partition coefficient (Wildman–Crippen LogP) is 0.619. The monoisotopic (exact) mass is 337 g/mol. The van der Waals surface area contributed by atoms with Gasteiger partial charge in [-0.25, -0.2) is 13.4 Å². The molecule has 1 fully saturated rings. The number of aryl methyl sites for hydroxylation is 1. The van der Waals surface area contributed by atoms with Crippen molar-refractivity contribution in [1.29, 1.82) is 0 Å². The van der Waals surface area contributed by atoms with Crippen LogP contribution in [0, 0.1) is 0 Å². The molecule has 1 atom stereocenters. The fraction of sp³-hybridized carbons (Fsp3) is 0.429. The Morgan fingerprint density at radius 1 is 1.35 bits per heavy atom. The molecule has 1 aliphatic heterocycles. The number of rotatable bonds is 4. The van der Waals surface area contributed by atoms with Gasteiger partial charge in [0, 0.05) is 33.4 Å². The van der Waals surface area contributed by atoms with Crippen LogP contribution in [0.25, 0.3) is 0 Å². The molecule has 3 rings (SSSR count). The lowest BCUT2D eigenvalue weighted by Gasteiger charge is -2.31. The van der Waals surface area contributed by atoms with E-state index >= 15 is 0 Å². The van der Waals surface area contributed by atoms with Crippen molar-refractivity contribution in [2.75, 3.05) is 32.1 Å². The molecule has 124 valence electrons. The van der Waals surface area contributed by atoms with Crippen LogP contribution in [-0.4, -0.2) is 54.0 Å². The second-order valence-electron chi connectivity index (χ2n) is 5.32. The lowest BCUT2D eigenvalue weighted by Crippen LogP contribution is -2.42. The molecule has 1 aliphatic rings. The van der Waals surface area contributed by atoms with Crippen molar-refractivity contribution in [3.05, 3.63) is 36.5 Å². The van der Waals surface area contributed by atoms with E-state index in [1.165, 1.54) is 16.8 Å². The van der Waals surface area contributed by atoms with Crippen molar-refractivity contribution in [2.24, 2.45) is 7.05 Å². The predicted molar refractivity (Wildman–Crippen MR) is 84.4 cm³/mol. The first-order valence-corrected chi connectivity index (χ1v) is 8.68. The lowest BCUT2D eigenvalue weighted by atomic mass is 10.2. The largest absolute Gasteiger partial charge is 0.387 e. The molecule has 0 bridgehead atoms. The molecule has 1 saturated heterocycles. The molecule has 0 radical (unpaired) electrons. The maximum absolute atomic E-state index is 12.6. The molecule has 0 aromatic carbocycles. The van der Waals surface area contributed by atoms with Gasteiger partial charge in [0.2, 0.25) is 0 Å². The van der Waals surface area contributed by atoms with Crippen LogP contribution >= 0.6 is 0 Å². The van der Waals surface area contributed by atoms with Gasteiger partial charge in [-0.05, 0) is 12.1 Å². The number of nitrogens with zero attached hydrogens (tertiary/aromatic N) is 4. The minimum atomic E-state index is -3.61. The summed E-state index contributed by atoms with van der Waals surface area (Å²) >= 11 is 0. The van der Waals surface area contributed by atoms with Gasteiger partial charge in [0.15, 0.2) is 5.03 Å². The first-order chi connectivity index (χ1) is 11.0. The minimum absolute atomic E-state index is 0.0548. The average Bonchev–Trinajstić information content (AvgIpc) is 3.02. The van der Waals surface area contributed by atoms with E-state index in [9.17, 15) is 8.42 Å². The number of ether oxygens (including phenoxy) is 1. The number of pyridine rings is 1. The van der Waals surface area contributed by atoms with Gasteiger partial charge >= 0.3 is 0 Å². The molecule has 0 unspecified atom stereocenters. The lowest BCUT2D eigenvalue weighted by molar-refractivity contribution is -0.00498. The Hall–Kier alpha value is -1.97. The second-order valence-corrected chi connectivity index (χ2v) is 7.21. The fourth-order valence-electron chi connectivity index (χ4n) is 2.42. The van der Waals surface area contributed by atoms with E-state index in [2.05, 4.69) is 15.3 Å². The highest BCUT2D eigenvalue weighted by Crippen LogP contribution is 2.25. The van der Waals surface area contributed by atoms with E-state index in [0.717, 1.165) is 5.69 Å². The number of imidazole rings is 1. The van der Waals surface area contributed by atoms with Crippen molar-refractivity contribution in [3.63, 3.8) is 0 Å². The number of morpholine rings is 1. The van der Waals surface area contributed by atoms with E-state index in [1.54, 1.807) is 17.8 Å². The summed E-state index contributed by atoms with van der Waals surface area (Å²) < 4.78 is 34.0. The smallest absolute Gasteiger partial charge is 0.262 e. The normalized spacial score (nSPS) is 19.7. The van der Waals surface area contributed by atoms with Gasteiger partial charge in [-0.3, -0.25) is 4.98 Å². The zero-order chi connectivity index (χ0) is 16.4. The Morgan fingerprint density at radius 2 is 2.17 bits per heavy atom. The third-order valence-corrected chi connectivity index (χ3v) is 5.47. The summed E-state index contributed by atoms with van der Waals surface area (Å²) in [7, 11) is -0.0618. The summed E-state index contributed by atoms with van der Waals surface area (Å²) in [5, 5.41) is 3.05. The van der Waals surface area contributed by atoms with Crippen LogP contribution in [-0.2, 0) is 21.8 Å². The first kappa shape index (κ1) is 15.9. The number of nitrogens with one attached hydrogen (secondary N) is 1. The van der Waals surface area contributed by atoms with E-state index < -0.39 is 10.0 Å². The summed E-state index contributed by atoms with van der Waals surface area (Å²) in [6, 6.07) is 3.73. The zero-order valence-electron chi connectivity index (χ0n) is 13.0. The van der Waals surface area contributed by atoms with E-state index in [0.29, 0.717) is 18.8 Å². The highest BCUT2D eigenvalue weighted by Gasteiger charge is 2.33. The number of hydrogen-bond donors (Lipinski definition) is 1. The topological polar surface area (TPSA) is 89.4 Å². The van der Waals surface area contributed by atoms with Crippen LogP contribution in [0.1, 0.15) is 11.8 Å². The van der Waals surface area contributed by atoms with E-state index in [4.69, 9.17) is 4.74 Å². The summed E-state index contributed by atoms with van der Waals surface area (Å²) in [6.07, 6.45) is 4.29. The van der Waals surface area contributed by atoms with Crippen LogP contribution in [0.4, 0.5) is 5.69 Å². The maximum Gasteiger partial charge on any atom is 0.262 e. The highest BCUT2D eigenvalue weighted by atomic mass is 32.2. The Balaban J connectivity index is 1.80. The highest BCUT2D eigenvalue weighted by molar-refractivity contribution is 7.89. The van der Waals surface area contributed by atoms with Crippen molar-refractivity contribution in [2.45, 2.75) is 11.1 Å². The van der Waals surface area contributed by atoms with Crippen LogP contribution in [0.2, 0.25) is 0 Å². The summed E-state index contributed by atoms with van der Waals surface area (Å²) in [6.45, 7) is 0.862. The van der Waals surface area contributed by atoms with Gasteiger partial charge in [-0.15, -0.1) is 0 Å². The van der Waals surface area contributed by atoms with E-state index in [1.807, 2.05) is 19.2 Å². The fourth-order valence-corrected chi connectivity index (χ4v) is 3.81. The standard InChI is InChI=1S/C14H19N5O3S/c1-15-11-3-4-12(16-7-11)13-8-19(5-6-22-13)23(20,21)14-9-18(2)10-17-14/h3-4,7,9-10,13,15H,5-6,8H2,1-2H3/t13-/m0/s1. The molecule has 2 aromatic heterocycles. The van der Waals surface area contributed by atoms with Gasteiger partial charge in [-0.1, -0.05) is 0 Å². The van der Waals surface area contributed by atoms with Crippen molar-refractivity contribution in [1.82, 2.24) is 18.8 Å². The minimum Gasteiger partial charge on any atom is -0.387 e. The molecule has 8 nitrogen and oxygen atoms in total. The molecule has 0 amide bonds. The van der Waals surface area contributed by atoms with Crippen molar-refractivity contribution >= 4 is 15.7 Å². The molecule has 0 spiro atoms. The average molecular weight is 337 g/mol. The molecule has 0 aliphatic carbocycles. The Bertz CT molecular complexity index is 772. The summed E-state index contributed by atoms with van der Waals surface area (Å²) in [5.74, 6) is 0. The number of hydrogen-bond acceptors (Lipinski definition) is 6. The van der Waals surface area contributed by atoms with Crippen LogP contribution < -0.4 is 5.32 Å². The molecular formula is C14H19N5O3S. The zero-order valence-corrected chi connectivity index (χ0v) is 13.8.